The number of amides is 1. The van der Waals surface area contributed by atoms with E-state index in [1.54, 1.807) is 33.0 Å². The Morgan fingerprint density at radius 3 is 2.50 bits per heavy atom. The minimum Gasteiger partial charge on any atom is -0.349 e. The zero-order chi connectivity index (χ0) is 18.1. The number of nitrogens with zero attached hydrogens (tertiary/aromatic N) is 2. The third-order valence-corrected chi connectivity index (χ3v) is 3.82. The fourth-order valence-electron chi connectivity index (χ4n) is 2.38. The number of hydrogen-bond acceptors (Lipinski definition) is 2. The van der Waals surface area contributed by atoms with Crippen LogP contribution in [0.1, 0.15) is 43.6 Å². The lowest BCUT2D eigenvalue weighted by atomic mass is 10.1. The summed E-state index contributed by atoms with van der Waals surface area (Å²) in [5.41, 5.74) is 1.06. The first-order valence-corrected chi connectivity index (χ1v) is 7.63. The Balaban J connectivity index is 2.32. The van der Waals surface area contributed by atoms with Crippen LogP contribution < -0.4 is 5.32 Å². The summed E-state index contributed by atoms with van der Waals surface area (Å²) in [5.74, 6) is -0.236. The lowest BCUT2D eigenvalue weighted by molar-refractivity contribution is -0.137. The second-order valence-corrected chi connectivity index (χ2v) is 6.03. The molecule has 0 aliphatic carbocycles. The van der Waals surface area contributed by atoms with Gasteiger partial charge in [-0.3, -0.25) is 4.79 Å². The average molecular weight is 339 g/mol. The van der Waals surface area contributed by atoms with Crippen LogP contribution in [0.5, 0.6) is 0 Å². The lowest BCUT2D eigenvalue weighted by Crippen LogP contribution is -2.30. The predicted octanol–water partition coefficient (Wildman–Crippen LogP) is 4.03. The molecule has 0 bridgehead atoms. The summed E-state index contributed by atoms with van der Waals surface area (Å²) in [6, 6.07) is 4.72. The van der Waals surface area contributed by atoms with E-state index >= 15 is 0 Å². The highest BCUT2D eigenvalue weighted by molar-refractivity contribution is 5.78. The summed E-state index contributed by atoms with van der Waals surface area (Å²) in [6.45, 7) is 7.17. The Kier molecular flexibility index (Phi) is 5.01. The first-order chi connectivity index (χ1) is 11.1. The highest BCUT2D eigenvalue weighted by Gasteiger charge is 2.30. The van der Waals surface area contributed by atoms with Crippen LogP contribution in [-0.4, -0.2) is 15.7 Å². The SMILES string of the molecule is Cc1c(C(C)NC(=O)C(C)C)cnn1-c1cccc(C(F)(F)F)c1. The fraction of sp³-hybridized carbons (Fsp3) is 0.412. The van der Waals surface area contributed by atoms with Crippen molar-refractivity contribution in [1.29, 1.82) is 0 Å². The molecule has 4 nitrogen and oxygen atoms in total. The van der Waals surface area contributed by atoms with Gasteiger partial charge in [0.25, 0.3) is 0 Å². The molecule has 1 amide bonds. The third kappa shape index (κ3) is 3.77. The minimum absolute atomic E-state index is 0.0891. The number of rotatable bonds is 4. The molecule has 1 unspecified atom stereocenters. The third-order valence-electron chi connectivity index (χ3n) is 3.82. The fourth-order valence-corrected chi connectivity index (χ4v) is 2.38. The first kappa shape index (κ1) is 18.0. The number of carbonyl (C=O) groups is 1. The van der Waals surface area contributed by atoms with Crippen molar-refractivity contribution in [2.24, 2.45) is 5.92 Å². The van der Waals surface area contributed by atoms with E-state index in [9.17, 15) is 18.0 Å². The van der Waals surface area contributed by atoms with Crippen LogP contribution in [0.25, 0.3) is 5.69 Å². The Labute approximate surface area is 138 Å². The predicted molar refractivity (Wildman–Crippen MR) is 84.7 cm³/mol. The van der Waals surface area contributed by atoms with E-state index in [0.29, 0.717) is 11.4 Å². The minimum atomic E-state index is -4.40. The first-order valence-electron chi connectivity index (χ1n) is 7.63. The molecule has 24 heavy (non-hydrogen) atoms. The number of benzene rings is 1. The summed E-state index contributed by atoms with van der Waals surface area (Å²) in [7, 11) is 0. The quantitative estimate of drug-likeness (QED) is 0.914. The van der Waals surface area contributed by atoms with Crippen molar-refractivity contribution in [3.63, 3.8) is 0 Å². The van der Waals surface area contributed by atoms with Crippen molar-refractivity contribution >= 4 is 5.91 Å². The molecule has 7 heteroatoms. The van der Waals surface area contributed by atoms with E-state index in [1.165, 1.54) is 10.7 Å². The summed E-state index contributed by atoms with van der Waals surface area (Å²) < 4.78 is 40.0. The van der Waals surface area contributed by atoms with Gasteiger partial charge in [0, 0.05) is 17.2 Å². The number of hydrogen-bond donors (Lipinski definition) is 1. The van der Waals surface area contributed by atoms with Crippen LogP contribution in [0.2, 0.25) is 0 Å². The van der Waals surface area contributed by atoms with Gasteiger partial charge >= 0.3 is 6.18 Å². The van der Waals surface area contributed by atoms with Crippen LogP contribution in [0, 0.1) is 12.8 Å². The molecule has 1 aromatic heterocycles. The molecule has 0 saturated carbocycles. The van der Waals surface area contributed by atoms with Gasteiger partial charge in [-0.05, 0) is 32.0 Å². The Bertz CT molecular complexity index is 735. The van der Waals surface area contributed by atoms with E-state index in [4.69, 9.17) is 0 Å². The largest absolute Gasteiger partial charge is 0.416 e. The van der Waals surface area contributed by atoms with Gasteiger partial charge in [0.2, 0.25) is 5.91 Å². The number of halogens is 3. The van der Waals surface area contributed by atoms with Gasteiger partial charge in [-0.1, -0.05) is 19.9 Å². The van der Waals surface area contributed by atoms with Gasteiger partial charge in [-0.15, -0.1) is 0 Å². The highest BCUT2D eigenvalue weighted by Crippen LogP contribution is 2.31. The van der Waals surface area contributed by atoms with Crippen molar-refractivity contribution in [2.45, 2.75) is 39.9 Å². The second-order valence-electron chi connectivity index (χ2n) is 6.03. The molecule has 1 atom stereocenters. The van der Waals surface area contributed by atoms with Crippen molar-refractivity contribution < 1.29 is 18.0 Å². The molecule has 1 heterocycles. The Morgan fingerprint density at radius 1 is 1.25 bits per heavy atom. The van der Waals surface area contributed by atoms with Gasteiger partial charge in [-0.2, -0.15) is 18.3 Å². The van der Waals surface area contributed by atoms with E-state index in [-0.39, 0.29) is 17.9 Å². The molecule has 0 fully saturated rings. The van der Waals surface area contributed by atoms with Crippen LogP contribution in [-0.2, 0) is 11.0 Å². The molecule has 2 aromatic rings. The number of aromatic nitrogens is 2. The summed E-state index contributed by atoms with van der Waals surface area (Å²) in [6.07, 6.45) is -2.83. The van der Waals surface area contributed by atoms with E-state index in [2.05, 4.69) is 10.4 Å². The van der Waals surface area contributed by atoms with Crippen molar-refractivity contribution in [3.8, 4) is 5.69 Å². The zero-order valence-corrected chi connectivity index (χ0v) is 14.0. The Morgan fingerprint density at radius 2 is 1.92 bits per heavy atom. The van der Waals surface area contributed by atoms with E-state index < -0.39 is 11.7 Å². The molecule has 130 valence electrons. The molecule has 0 spiro atoms. The van der Waals surface area contributed by atoms with Crippen LogP contribution in [0.4, 0.5) is 13.2 Å². The molecule has 0 saturated heterocycles. The van der Waals surface area contributed by atoms with Crippen LogP contribution >= 0.6 is 0 Å². The number of nitrogens with one attached hydrogen (secondary N) is 1. The molecule has 1 aromatic carbocycles. The maximum atomic E-state index is 12.9. The monoisotopic (exact) mass is 339 g/mol. The molecular weight excluding hydrogens is 319 g/mol. The number of alkyl halides is 3. The molecule has 0 aliphatic rings. The van der Waals surface area contributed by atoms with Gasteiger partial charge in [-0.25, -0.2) is 4.68 Å². The molecule has 2 rings (SSSR count). The normalized spacial score (nSPS) is 13.2. The smallest absolute Gasteiger partial charge is 0.349 e. The molecule has 0 aliphatic heterocycles. The zero-order valence-electron chi connectivity index (χ0n) is 14.0. The lowest BCUT2D eigenvalue weighted by Gasteiger charge is -2.16. The molecule has 1 N–H and O–H groups in total. The summed E-state index contributed by atoms with van der Waals surface area (Å²) in [5, 5.41) is 7.04. The maximum Gasteiger partial charge on any atom is 0.416 e. The maximum absolute atomic E-state index is 12.9. The van der Waals surface area contributed by atoms with Gasteiger partial charge < -0.3 is 5.32 Å². The summed E-state index contributed by atoms with van der Waals surface area (Å²) >= 11 is 0. The topological polar surface area (TPSA) is 46.9 Å². The van der Waals surface area contributed by atoms with Crippen LogP contribution in [0.15, 0.2) is 30.5 Å². The van der Waals surface area contributed by atoms with Gasteiger partial charge in [0.05, 0.1) is 23.5 Å². The highest BCUT2D eigenvalue weighted by atomic mass is 19.4. The van der Waals surface area contributed by atoms with Crippen molar-refractivity contribution in [1.82, 2.24) is 15.1 Å². The summed E-state index contributed by atoms with van der Waals surface area (Å²) in [4.78, 5) is 11.8. The van der Waals surface area contributed by atoms with E-state index in [1.807, 2.05) is 6.92 Å². The standard InChI is InChI=1S/C17H20F3N3O/c1-10(2)16(24)22-11(3)15-9-21-23(12(15)4)14-7-5-6-13(8-14)17(18,19)20/h5-11H,1-4H3,(H,22,24). The number of carbonyl (C=O) groups excluding carboxylic acids is 1. The average Bonchev–Trinajstić information content (AvgIpc) is 2.88. The van der Waals surface area contributed by atoms with E-state index in [0.717, 1.165) is 17.7 Å². The van der Waals surface area contributed by atoms with Gasteiger partial charge in [0.15, 0.2) is 0 Å². The molecular formula is C17H20F3N3O. The van der Waals surface area contributed by atoms with Crippen molar-refractivity contribution in [3.05, 3.63) is 47.3 Å². The Hall–Kier alpha value is -2.31. The second kappa shape index (κ2) is 6.67. The van der Waals surface area contributed by atoms with Crippen molar-refractivity contribution in [2.75, 3.05) is 0 Å². The van der Waals surface area contributed by atoms with Crippen LogP contribution in [0.3, 0.4) is 0 Å². The van der Waals surface area contributed by atoms with Gasteiger partial charge in [0.1, 0.15) is 0 Å². The molecule has 0 radical (unpaired) electrons.